The summed E-state index contributed by atoms with van der Waals surface area (Å²) in [5.41, 5.74) is 5.40. The second kappa shape index (κ2) is 5.36. The zero-order valence-electron chi connectivity index (χ0n) is 14.5. The molecule has 2 rings (SSSR count). The highest BCUT2D eigenvalue weighted by atomic mass is 16.5. The van der Waals surface area contributed by atoms with E-state index >= 15 is 0 Å². The van der Waals surface area contributed by atoms with Gasteiger partial charge >= 0.3 is 0 Å². The van der Waals surface area contributed by atoms with Crippen LogP contribution in [0.1, 0.15) is 57.7 Å². The molecule has 1 aromatic carbocycles. The summed E-state index contributed by atoms with van der Waals surface area (Å²) in [5, 5.41) is 0. The molecule has 0 heterocycles. The SMILES string of the molecule is COc1c(C(C)(C)C)cc(C)cc1C(C)(C)C1=CC=CC1. The molecule has 0 N–H and O–H groups in total. The van der Waals surface area contributed by atoms with Gasteiger partial charge in [0.2, 0.25) is 0 Å². The van der Waals surface area contributed by atoms with Crippen molar-refractivity contribution < 1.29 is 4.74 Å². The van der Waals surface area contributed by atoms with Gasteiger partial charge in [-0.2, -0.15) is 0 Å². The average molecular weight is 284 g/mol. The molecule has 0 bridgehead atoms. The van der Waals surface area contributed by atoms with Gasteiger partial charge in [0, 0.05) is 16.5 Å². The lowest BCUT2D eigenvalue weighted by molar-refractivity contribution is 0.383. The quantitative estimate of drug-likeness (QED) is 0.715. The standard InChI is InChI=1S/C20H28O/c1-14-12-16(19(2,3)4)18(21-7)17(13-14)20(5,6)15-10-8-9-11-15/h8-10,12-13H,11H2,1-7H3. The summed E-state index contributed by atoms with van der Waals surface area (Å²) < 4.78 is 5.86. The number of benzene rings is 1. The van der Waals surface area contributed by atoms with Crippen LogP contribution in [0.5, 0.6) is 5.75 Å². The first-order chi connectivity index (χ1) is 9.67. The Hall–Kier alpha value is -1.50. The van der Waals surface area contributed by atoms with Crippen molar-refractivity contribution in [2.45, 2.75) is 58.8 Å². The van der Waals surface area contributed by atoms with E-state index in [0.29, 0.717) is 0 Å². The summed E-state index contributed by atoms with van der Waals surface area (Å²) in [7, 11) is 1.79. The fourth-order valence-corrected chi connectivity index (χ4v) is 3.10. The molecule has 1 aromatic rings. The summed E-state index contributed by atoms with van der Waals surface area (Å²) in [6.07, 6.45) is 7.67. The Bertz CT molecular complexity index is 595. The summed E-state index contributed by atoms with van der Waals surface area (Å²) in [6, 6.07) is 4.55. The molecule has 1 heteroatoms. The average Bonchev–Trinajstić information content (AvgIpc) is 2.91. The van der Waals surface area contributed by atoms with Crippen molar-refractivity contribution in [2.75, 3.05) is 7.11 Å². The number of allylic oxidation sites excluding steroid dienone is 4. The second-order valence-corrected chi connectivity index (χ2v) is 7.59. The van der Waals surface area contributed by atoms with Crippen molar-refractivity contribution in [2.24, 2.45) is 0 Å². The molecule has 1 aliphatic carbocycles. The molecule has 1 aliphatic rings. The van der Waals surface area contributed by atoms with Crippen molar-refractivity contribution in [1.82, 2.24) is 0 Å². The van der Waals surface area contributed by atoms with Crippen LogP contribution < -0.4 is 4.74 Å². The van der Waals surface area contributed by atoms with Crippen LogP contribution in [-0.2, 0) is 10.8 Å². The van der Waals surface area contributed by atoms with Crippen LogP contribution in [-0.4, -0.2) is 7.11 Å². The highest BCUT2D eigenvalue weighted by Gasteiger charge is 2.32. The maximum atomic E-state index is 5.86. The van der Waals surface area contributed by atoms with E-state index in [1.165, 1.54) is 22.3 Å². The van der Waals surface area contributed by atoms with E-state index in [1.54, 1.807) is 7.11 Å². The molecule has 1 nitrogen and oxygen atoms in total. The van der Waals surface area contributed by atoms with Crippen LogP contribution in [0, 0.1) is 6.92 Å². The molecule has 0 saturated carbocycles. The molecule has 0 radical (unpaired) electrons. The van der Waals surface area contributed by atoms with Crippen molar-refractivity contribution in [1.29, 1.82) is 0 Å². The smallest absolute Gasteiger partial charge is 0.126 e. The van der Waals surface area contributed by atoms with Crippen molar-refractivity contribution >= 4 is 0 Å². The fourth-order valence-electron chi connectivity index (χ4n) is 3.10. The normalized spacial score (nSPS) is 15.3. The minimum Gasteiger partial charge on any atom is -0.496 e. The van der Waals surface area contributed by atoms with Crippen molar-refractivity contribution in [3.63, 3.8) is 0 Å². The van der Waals surface area contributed by atoms with Gasteiger partial charge in [-0.05, 0) is 18.8 Å². The summed E-state index contributed by atoms with van der Waals surface area (Å²) in [5.74, 6) is 1.05. The van der Waals surface area contributed by atoms with Crippen LogP contribution in [0.2, 0.25) is 0 Å². The Labute approximate surface area is 129 Å². The fraction of sp³-hybridized carbons (Fsp3) is 0.500. The van der Waals surface area contributed by atoms with Gasteiger partial charge in [0.15, 0.2) is 0 Å². The third-order valence-electron chi connectivity index (χ3n) is 4.49. The Balaban J connectivity index is 2.66. The van der Waals surface area contributed by atoms with Crippen LogP contribution in [0.15, 0.2) is 35.9 Å². The molecular weight excluding hydrogens is 256 g/mol. The van der Waals surface area contributed by atoms with Gasteiger partial charge in [-0.3, -0.25) is 0 Å². The van der Waals surface area contributed by atoms with Gasteiger partial charge in [0.25, 0.3) is 0 Å². The third-order valence-corrected chi connectivity index (χ3v) is 4.49. The molecule has 21 heavy (non-hydrogen) atoms. The Morgan fingerprint density at radius 1 is 1.00 bits per heavy atom. The molecule has 0 aliphatic heterocycles. The maximum absolute atomic E-state index is 5.86. The molecular formula is C20H28O. The predicted octanol–water partition coefficient (Wildman–Crippen LogP) is 5.47. The van der Waals surface area contributed by atoms with E-state index in [4.69, 9.17) is 4.74 Å². The number of aryl methyl sites for hydroxylation is 1. The predicted molar refractivity (Wildman–Crippen MR) is 91.3 cm³/mol. The van der Waals surface area contributed by atoms with Crippen LogP contribution >= 0.6 is 0 Å². The van der Waals surface area contributed by atoms with Crippen molar-refractivity contribution in [3.05, 3.63) is 52.6 Å². The summed E-state index contributed by atoms with van der Waals surface area (Å²) in [4.78, 5) is 0. The molecule has 0 spiro atoms. The number of methoxy groups -OCH3 is 1. The van der Waals surface area contributed by atoms with Gasteiger partial charge in [0.1, 0.15) is 5.75 Å². The maximum Gasteiger partial charge on any atom is 0.126 e. The monoisotopic (exact) mass is 284 g/mol. The van der Waals surface area contributed by atoms with E-state index in [2.05, 4.69) is 71.9 Å². The zero-order valence-corrected chi connectivity index (χ0v) is 14.5. The highest BCUT2D eigenvalue weighted by Crippen LogP contribution is 2.44. The topological polar surface area (TPSA) is 9.23 Å². The minimum absolute atomic E-state index is 0.0130. The number of ether oxygens (including phenoxy) is 1. The first-order valence-electron chi connectivity index (χ1n) is 7.73. The number of hydrogen-bond acceptors (Lipinski definition) is 1. The lowest BCUT2D eigenvalue weighted by Crippen LogP contribution is -2.23. The lowest BCUT2D eigenvalue weighted by Gasteiger charge is -2.33. The van der Waals surface area contributed by atoms with Crippen LogP contribution in [0.4, 0.5) is 0 Å². The first-order valence-corrected chi connectivity index (χ1v) is 7.73. The molecule has 114 valence electrons. The Kier molecular flexibility index (Phi) is 4.06. The largest absolute Gasteiger partial charge is 0.496 e. The van der Waals surface area contributed by atoms with Crippen LogP contribution in [0.25, 0.3) is 0 Å². The molecule has 0 unspecified atom stereocenters. The van der Waals surface area contributed by atoms with Gasteiger partial charge in [-0.25, -0.2) is 0 Å². The number of rotatable bonds is 3. The van der Waals surface area contributed by atoms with Gasteiger partial charge in [-0.15, -0.1) is 0 Å². The van der Waals surface area contributed by atoms with Crippen molar-refractivity contribution in [3.8, 4) is 5.75 Å². The molecule has 0 aromatic heterocycles. The number of hydrogen-bond donors (Lipinski definition) is 0. The van der Waals surface area contributed by atoms with Gasteiger partial charge < -0.3 is 4.74 Å². The molecule has 0 amide bonds. The lowest BCUT2D eigenvalue weighted by atomic mass is 9.73. The molecule has 0 saturated heterocycles. The summed E-state index contributed by atoms with van der Waals surface area (Å²) >= 11 is 0. The van der Waals surface area contributed by atoms with Crippen LogP contribution in [0.3, 0.4) is 0 Å². The first kappa shape index (κ1) is 15.9. The minimum atomic E-state index is -0.0130. The van der Waals surface area contributed by atoms with E-state index in [1.807, 2.05) is 0 Å². The third kappa shape index (κ3) is 2.92. The second-order valence-electron chi connectivity index (χ2n) is 7.59. The highest BCUT2D eigenvalue weighted by molar-refractivity contribution is 5.54. The Morgan fingerprint density at radius 2 is 1.62 bits per heavy atom. The van der Waals surface area contributed by atoms with E-state index in [0.717, 1.165) is 12.2 Å². The molecule has 0 atom stereocenters. The zero-order chi connectivity index (χ0) is 15.8. The Morgan fingerprint density at radius 3 is 2.10 bits per heavy atom. The van der Waals surface area contributed by atoms with E-state index < -0.39 is 0 Å². The van der Waals surface area contributed by atoms with Gasteiger partial charge in [0.05, 0.1) is 7.11 Å². The molecule has 0 fully saturated rings. The van der Waals surface area contributed by atoms with E-state index in [-0.39, 0.29) is 10.8 Å². The van der Waals surface area contributed by atoms with Gasteiger partial charge in [-0.1, -0.05) is 76.1 Å². The van der Waals surface area contributed by atoms with E-state index in [9.17, 15) is 0 Å². The summed E-state index contributed by atoms with van der Waals surface area (Å²) in [6.45, 7) is 13.5.